The molecule has 19 heavy (non-hydrogen) atoms. The number of terminal acetylenes is 1. The van der Waals surface area contributed by atoms with Crippen LogP contribution in [0.15, 0.2) is 0 Å². The Hall–Kier alpha value is -1.37. The first kappa shape index (κ1) is 14.0. The van der Waals surface area contributed by atoms with Crippen LogP contribution >= 0.6 is 0 Å². The van der Waals surface area contributed by atoms with Gasteiger partial charge in [-0.1, -0.05) is 5.92 Å². The molecular formula is C11H16N2O6. The van der Waals surface area contributed by atoms with Gasteiger partial charge in [-0.3, -0.25) is 4.90 Å². The van der Waals surface area contributed by atoms with Crippen molar-refractivity contribution in [2.45, 2.75) is 30.8 Å². The molecule has 2 amide bonds. The normalized spacial score (nSPS) is 42.9. The van der Waals surface area contributed by atoms with E-state index in [0.29, 0.717) is 0 Å². The molecule has 8 nitrogen and oxygen atoms in total. The Bertz CT molecular complexity index is 397. The largest absolute Gasteiger partial charge is 0.394 e. The molecule has 2 rings (SSSR count). The van der Waals surface area contributed by atoms with Crippen LogP contribution < -0.4 is 5.32 Å². The van der Waals surface area contributed by atoms with Crippen molar-refractivity contribution in [2.24, 2.45) is 5.92 Å². The number of carbonyl (C=O) groups excluding carboxylic acids is 1. The van der Waals surface area contributed by atoms with Crippen molar-refractivity contribution in [3.63, 3.8) is 0 Å². The molecule has 0 bridgehead atoms. The fourth-order valence-corrected chi connectivity index (χ4v) is 2.21. The van der Waals surface area contributed by atoms with E-state index in [1.165, 1.54) is 0 Å². The second-order valence-corrected chi connectivity index (χ2v) is 4.55. The standard InChI is InChI=1S/C11H16N2O6/c1-2-5-3-13(11(18)12-9(5)17)10-8(16)7(15)6(4-14)19-10/h1,5-10,14-17H,3-4H2,(H,12,18)/t5?,6?,7-,8?,9?,10+/m0/s1. The number of carbonyl (C=O) groups is 1. The van der Waals surface area contributed by atoms with Crippen molar-refractivity contribution >= 4 is 6.03 Å². The van der Waals surface area contributed by atoms with Gasteiger partial charge in [-0.05, 0) is 0 Å². The number of hydrogen-bond acceptors (Lipinski definition) is 6. The van der Waals surface area contributed by atoms with Gasteiger partial charge in [0, 0.05) is 6.54 Å². The molecular weight excluding hydrogens is 256 g/mol. The van der Waals surface area contributed by atoms with E-state index in [1.807, 2.05) is 0 Å². The minimum atomic E-state index is -1.35. The van der Waals surface area contributed by atoms with Gasteiger partial charge in [0.15, 0.2) is 6.23 Å². The van der Waals surface area contributed by atoms with Gasteiger partial charge in [-0.15, -0.1) is 6.42 Å². The minimum absolute atomic E-state index is 0.0178. The summed E-state index contributed by atoms with van der Waals surface area (Å²) in [4.78, 5) is 12.8. The molecule has 0 aromatic rings. The van der Waals surface area contributed by atoms with E-state index in [9.17, 15) is 20.1 Å². The summed E-state index contributed by atoms with van der Waals surface area (Å²) in [5, 5.41) is 40.2. The van der Waals surface area contributed by atoms with Crippen molar-refractivity contribution < 1.29 is 30.0 Å². The van der Waals surface area contributed by atoms with Crippen molar-refractivity contribution in [3.8, 4) is 12.3 Å². The summed E-state index contributed by atoms with van der Waals surface area (Å²) >= 11 is 0. The van der Waals surface area contributed by atoms with Crippen LogP contribution in [-0.4, -0.2) is 75.3 Å². The maximum atomic E-state index is 11.8. The predicted octanol–water partition coefficient (Wildman–Crippen LogP) is -2.98. The van der Waals surface area contributed by atoms with Crippen molar-refractivity contribution in [3.05, 3.63) is 0 Å². The molecule has 4 unspecified atom stereocenters. The quantitative estimate of drug-likeness (QED) is 0.342. The highest BCUT2D eigenvalue weighted by Gasteiger charge is 2.48. The fraction of sp³-hybridized carbons (Fsp3) is 0.727. The van der Waals surface area contributed by atoms with Gasteiger partial charge < -0.3 is 30.5 Å². The lowest BCUT2D eigenvalue weighted by molar-refractivity contribution is -0.0947. The molecule has 0 aromatic heterocycles. The number of aliphatic hydroxyl groups is 4. The Morgan fingerprint density at radius 2 is 2.11 bits per heavy atom. The van der Waals surface area contributed by atoms with E-state index in [-0.39, 0.29) is 6.54 Å². The van der Waals surface area contributed by atoms with E-state index < -0.39 is 49.3 Å². The van der Waals surface area contributed by atoms with Gasteiger partial charge in [0.1, 0.15) is 24.5 Å². The van der Waals surface area contributed by atoms with Crippen molar-refractivity contribution in [2.75, 3.05) is 13.2 Å². The Kier molecular flexibility index (Phi) is 3.93. The lowest BCUT2D eigenvalue weighted by Gasteiger charge is -2.38. The monoisotopic (exact) mass is 272 g/mol. The molecule has 2 aliphatic heterocycles. The molecule has 2 saturated heterocycles. The molecule has 0 spiro atoms. The first-order chi connectivity index (χ1) is 8.99. The number of nitrogens with zero attached hydrogens (tertiary/aromatic N) is 1. The molecule has 2 fully saturated rings. The highest BCUT2D eigenvalue weighted by atomic mass is 16.6. The van der Waals surface area contributed by atoms with E-state index in [1.54, 1.807) is 0 Å². The van der Waals surface area contributed by atoms with Crippen LogP contribution in [0, 0.1) is 18.3 Å². The van der Waals surface area contributed by atoms with Gasteiger partial charge >= 0.3 is 6.03 Å². The molecule has 106 valence electrons. The highest BCUT2D eigenvalue weighted by molar-refractivity contribution is 5.75. The summed E-state index contributed by atoms with van der Waals surface area (Å²) in [5.74, 6) is 1.67. The third kappa shape index (κ3) is 2.39. The van der Waals surface area contributed by atoms with Crippen LogP contribution in [0.2, 0.25) is 0 Å². The molecule has 2 aliphatic rings. The van der Waals surface area contributed by atoms with Crippen LogP contribution in [0.25, 0.3) is 0 Å². The lowest BCUT2D eigenvalue weighted by atomic mass is 10.0. The second kappa shape index (κ2) is 5.32. The Balaban J connectivity index is 2.13. The summed E-state index contributed by atoms with van der Waals surface area (Å²) in [7, 11) is 0. The molecule has 8 heteroatoms. The molecule has 0 aliphatic carbocycles. The zero-order valence-electron chi connectivity index (χ0n) is 10.0. The maximum absolute atomic E-state index is 11.8. The van der Waals surface area contributed by atoms with Crippen LogP contribution in [0.5, 0.6) is 0 Å². The number of aliphatic hydroxyl groups excluding tert-OH is 4. The molecule has 2 heterocycles. The Morgan fingerprint density at radius 3 is 2.63 bits per heavy atom. The van der Waals surface area contributed by atoms with Crippen LogP contribution in [0.3, 0.4) is 0 Å². The van der Waals surface area contributed by atoms with Crippen molar-refractivity contribution in [1.82, 2.24) is 10.2 Å². The second-order valence-electron chi connectivity index (χ2n) is 4.55. The predicted molar refractivity (Wildman–Crippen MR) is 61.3 cm³/mol. The zero-order valence-corrected chi connectivity index (χ0v) is 10.0. The minimum Gasteiger partial charge on any atom is -0.394 e. The fourth-order valence-electron chi connectivity index (χ4n) is 2.21. The third-order valence-corrected chi connectivity index (χ3v) is 3.35. The topological polar surface area (TPSA) is 122 Å². The number of ether oxygens (including phenoxy) is 1. The van der Waals surface area contributed by atoms with Crippen LogP contribution in [-0.2, 0) is 4.74 Å². The van der Waals surface area contributed by atoms with Gasteiger partial charge in [-0.25, -0.2) is 4.79 Å². The number of rotatable bonds is 2. The highest BCUT2D eigenvalue weighted by Crippen LogP contribution is 2.26. The smallest absolute Gasteiger partial charge is 0.321 e. The van der Waals surface area contributed by atoms with Gasteiger partial charge in [-0.2, -0.15) is 0 Å². The summed E-state index contributed by atoms with van der Waals surface area (Å²) in [6.45, 7) is -0.499. The summed E-state index contributed by atoms with van der Waals surface area (Å²) in [6.07, 6.45) is -0.653. The first-order valence-corrected chi connectivity index (χ1v) is 5.83. The van der Waals surface area contributed by atoms with Gasteiger partial charge in [0.25, 0.3) is 0 Å². The summed E-state index contributed by atoms with van der Waals surface area (Å²) < 4.78 is 5.24. The average molecular weight is 272 g/mol. The average Bonchev–Trinajstić information content (AvgIpc) is 2.67. The summed E-state index contributed by atoms with van der Waals surface area (Å²) in [6, 6.07) is -0.658. The molecule has 0 aromatic carbocycles. The molecule has 0 saturated carbocycles. The number of urea groups is 1. The summed E-state index contributed by atoms with van der Waals surface area (Å²) in [5.41, 5.74) is 0. The molecule has 0 radical (unpaired) electrons. The van der Waals surface area contributed by atoms with E-state index in [4.69, 9.17) is 16.3 Å². The third-order valence-electron chi connectivity index (χ3n) is 3.35. The number of amides is 2. The SMILES string of the molecule is C#CC1CN([C@@H]2OC(CO)[C@H](O)C2O)C(=O)NC1O. The Morgan fingerprint density at radius 1 is 1.42 bits per heavy atom. The van der Waals surface area contributed by atoms with Crippen LogP contribution in [0.4, 0.5) is 4.79 Å². The number of hydrogen-bond donors (Lipinski definition) is 5. The van der Waals surface area contributed by atoms with Gasteiger partial charge in [0.05, 0.1) is 12.5 Å². The van der Waals surface area contributed by atoms with Gasteiger partial charge in [0.2, 0.25) is 0 Å². The van der Waals surface area contributed by atoms with E-state index in [0.717, 1.165) is 4.90 Å². The lowest BCUT2D eigenvalue weighted by Crippen LogP contribution is -2.61. The van der Waals surface area contributed by atoms with E-state index >= 15 is 0 Å². The van der Waals surface area contributed by atoms with Crippen molar-refractivity contribution in [1.29, 1.82) is 0 Å². The maximum Gasteiger partial charge on any atom is 0.321 e. The zero-order chi connectivity index (χ0) is 14.2. The molecule has 5 N–H and O–H groups in total. The Labute approximate surface area is 109 Å². The number of nitrogens with one attached hydrogen (secondary N) is 1. The molecule has 6 atom stereocenters. The van der Waals surface area contributed by atoms with E-state index in [2.05, 4.69) is 11.2 Å². The van der Waals surface area contributed by atoms with Crippen LogP contribution in [0.1, 0.15) is 0 Å². The first-order valence-electron chi connectivity index (χ1n) is 5.83.